The van der Waals surface area contributed by atoms with Crippen LogP contribution in [0.4, 0.5) is 0 Å². The monoisotopic (exact) mass is 401 g/mol. The highest BCUT2D eigenvalue weighted by Crippen LogP contribution is 2.40. The molecule has 0 radical (unpaired) electrons. The highest BCUT2D eigenvalue weighted by Gasteiger charge is 2.34. The normalized spacial score (nSPS) is 15.6. The molecule has 0 aliphatic carbocycles. The van der Waals surface area contributed by atoms with Crippen molar-refractivity contribution in [2.75, 3.05) is 34.0 Å². The van der Waals surface area contributed by atoms with Crippen molar-refractivity contribution in [3.63, 3.8) is 0 Å². The summed E-state index contributed by atoms with van der Waals surface area (Å²) in [5, 5.41) is 3.14. The van der Waals surface area contributed by atoms with E-state index in [1.165, 1.54) is 4.90 Å². The van der Waals surface area contributed by atoms with Crippen LogP contribution in [0.15, 0.2) is 53.4 Å². The first-order valence-electron chi connectivity index (χ1n) is 9.43. The van der Waals surface area contributed by atoms with Gasteiger partial charge in [-0.3, -0.25) is 4.79 Å². The number of thioether (sulfide) groups is 1. The van der Waals surface area contributed by atoms with Gasteiger partial charge in [0.1, 0.15) is 0 Å². The molecule has 1 aliphatic heterocycles. The molecule has 0 aromatic heterocycles. The van der Waals surface area contributed by atoms with E-state index in [1.54, 1.807) is 14.2 Å². The first-order valence-corrected chi connectivity index (χ1v) is 10.3. The Labute approximate surface area is 170 Å². The highest BCUT2D eigenvalue weighted by molar-refractivity contribution is 8.00. The second-order valence-electron chi connectivity index (χ2n) is 6.85. The van der Waals surface area contributed by atoms with Crippen LogP contribution in [0.1, 0.15) is 18.4 Å². The molecule has 6 heteroatoms. The van der Waals surface area contributed by atoms with E-state index in [0.29, 0.717) is 24.5 Å². The smallest absolute Gasteiger partial charge is 0.224 e. The Morgan fingerprint density at radius 2 is 1.79 bits per heavy atom. The second kappa shape index (κ2) is 9.85. The molecule has 1 N–H and O–H groups in total. The summed E-state index contributed by atoms with van der Waals surface area (Å²) in [4.78, 5) is 13.8. The molecular weight excluding hydrogens is 374 g/mol. The fraction of sp³-hybridized carbons (Fsp3) is 0.409. The van der Waals surface area contributed by atoms with E-state index in [2.05, 4.69) is 17.4 Å². The number of carbonyl (C=O) groups excluding carboxylic acids is 1. The zero-order chi connectivity index (χ0) is 19.8. The average molecular weight is 402 g/mol. The molecule has 150 valence electrons. The fourth-order valence-electron chi connectivity index (χ4n) is 3.30. The van der Waals surface area contributed by atoms with Crippen LogP contribution in [0.25, 0.3) is 0 Å². The molecule has 1 heterocycles. The standard InChI is InChI=1S/C22H27NO4S/c1-25-19-9-8-17(14-20(19)26-2)15-21(24)23-16-22(10-12-27-13-11-22)28-18-6-4-3-5-7-18/h3-9,14H,10-13,15-16H2,1-2H3,(H,23,24). The number of amides is 1. The van der Waals surface area contributed by atoms with Gasteiger partial charge >= 0.3 is 0 Å². The van der Waals surface area contributed by atoms with Gasteiger partial charge in [0, 0.05) is 29.4 Å². The number of benzene rings is 2. The lowest BCUT2D eigenvalue weighted by Gasteiger charge is -2.36. The van der Waals surface area contributed by atoms with E-state index in [0.717, 1.165) is 31.6 Å². The quantitative estimate of drug-likeness (QED) is 0.731. The van der Waals surface area contributed by atoms with Crippen LogP contribution in [0.3, 0.4) is 0 Å². The molecule has 2 aromatic carbocycles. The van der Waals surface area contributed by atoms with Crippen LogP contribution >= 0.6 is 11.8 Å². The number of hydrogen-bond acceptors (Lipinski definition) is 5. The van der Waals surface area contributed by atoms with E-state index in [1.807, 2.05) is 48.2 Å². The highest BCUT2D eigenvalue weighted by atomic mass is 32.2. The van der Waals surface area contributed by atoms with E-state index in [9.17, 15) is 4.79 Å². The minimum absolute atomic E-state index is 0.00625. The number of nitrogens with one attached hydrogen (secondary N) is 1. The van der Waals surface area contributed by atoms with Crippen molar-refractivity contribution in [3.8, 4) is 11.5 Å². The van der Waals surface area contributed by atoms with Crippen molar-refractivity contribution in [2.45, 2.75) is 28.9 Å². The van der Waals surface area contributed by atoms with Crippen molar-refractivity contribution in [1.82, 2.24) is 5.32 Å². The number of methoxy groups -OCH3 is 2. The molecule has 3 rings (SSSR count). The molecule has 0 saturated carbocycles. The third kappa shape index (κ3) is 5.42. The van der Waals surface area contributed by atoms with Crippen LogP contribution in [-0.4, -0.2) is 44.6 Å². The van der Waals surface area contributed by atoms with Gasteiger partial charge in [0.15, 0.2) is 11.5 Å². The second-order valence-corrected chi connectivity index (χ2v) is 8.39. The fourth-order valence-corrected chi connectivity index (χ4v) is 4.60. The van der Waals surface area contributed by atoms with Crippen LogP contribution in [0, 0.1) is 0 Å². The van der Waals surface area contributed by atoms with Gasteiger partial charge in [-0.15, -0.1) is 11.8 Å². The minimum Gasteiger partial charge on any atom is -0.493 e. The molecule has 28 heavy (non-hydrogen) atoms. The number of rotatable bonds is 8. The SMILES string of the molecule is COc1ccc(CC(=O)NCC2(Sc3ccccc3)CCOCC2)cc1OC. The van der Waals surface area contributed by atoms with Crippen molar-refractivity contribution in [2.24, 2.45) is 0 Å². The van der Waals surface area contributed by atoms with Gasteiger partial charge in [-0.05, 0) is 42.7 Å². The Bertz CT molecular complexity index is 775. The van der Waals surface area contributed by atoms with Gasteiger partial charge in [0.05, 0.1) is 20.6 Å². The van der Waals surface area contributed by atoms with Gasteiger partial charge in [0.2, 0.25) is 5.91 Å². The Hall–Kier alpha value is -2.18. The van der Waals surface area contributed by atoms with Crippen LogP contribution < -0.4 is 14.8 Å². The largest absolute Gasteiger partial charge is 0.493 e. The molecule has 5 nitrogen and oxygen atoms in total. The summed E-state index contributed by atoms with van der Waals surface area (Å²) in [6, 6.07) is 15.9. The zero-order valence-electron chi connectivity index (χ0n) is 16.4. The maximum atomic E-state index is 12.6. The molecule has 0 unspecified atom stereocenters. The maximum absolute atomic E-state index is 12.6. The Morgan fingerprint density at radius 1 is 1.07 bits per heavy atom. The van der Waals surface area contributed by atoms with E-state index in [-0.39, 0.29) is 10.7 Å². The number of hydrogen-bond donors (Lipinski definition) is 1. The van der Waals surface area contributed by atoms with Gasteiger partial charge in [-0.2, -0.15) is 0 Å². The van der Waals surface area contributed by atoms with Crippen molar-refractivity contribution < 1.29 is 19.0 Å². The average Bonchev–Trinajstić information content (AvgIpc) is 2.73. The summed E-state index contributed by atoms with van der Waals surface area (Å²) >= 11 is 1.84. The summed E-state index contributed by atoms with van der Waals surface area (Å²) in [5.41, 5.74) is 0.895. The molecule has 1 amide bonds. The third-order valence-corrected chi connectivity index (χ3v) is 6.40. The molecule has 1 aliphatic rings. The summed E-state index contributed by atoms with van der Waals surface area (Å²) in [7, 11) is 3.19. The van der Waals surface area contributed by atoms with Gasteiger partial charge in [0.25, 0.3) is 0 Å². The van der Waals surface area contributed by atoms with Crippen LogP contribution in [0.2, 0.25) is 0 Å². The lowest BCUT2D eigenvalue weighted by molar-refractivity contribution is -0.120. The summed E-state index contributed by atoms with van der Waals surface area (Å²) in [5.74, 6) is 1.30. The van der Waals surface area contributed by atoms with E-state index >= 15 is 0 Å². The number of ether oxygens (including phenoxy) is 3. The van der Waals surface area contributed by atoms with E-state index < -0.39 is 0 Å². The van der Waals surface area contributed by atoms with Crippen molar-refractivity contribution in [1.29, 1.82) is 0 Å². The summed E-state index contributed by atoms with van der Waals surface area (Å²) < 4.78 is 16.1. The predicted octanol–water partition coefficient (Wildman–Crippen LogP) is 3.70. The lowest BCUT2D eigenvalue weighted by atomic mass is 9.99. The molecular formula is C22H27NO4S. The first kappa shape index (κ1) is 20.6. The zero-order valence-corrected chi connectivity index (χ0v) is 17.2. The van der Waals surface area contributed by atoms with Crippen molar-refractivity contribution >= 4 is 17.7 Å². The molecule has 2 aromatic rings. The third-order valence-electron chi connectivity index (χ3n) is 4.90. The maximum Gasteiger partial charge on any atom is 0.224 e. The van der Waals surface area contributed by atoms with E-state index in [4.69, 9.17) is 14.2 Å². The molecule has 0 bridgehead atoms. The summed E-state index contributed by atoms with van der Waals surface area (Å²) in [6.07, 6.45) is 2.15. The minimum atomic E-state index is -0.0349. The Morgan fingerprint density at radius 3 is 2.46 bits per heavy atom. The molecule has 0 spiro atoms. The topological polar surface area (TPSA) is 56.8 Å². The lowest BCUT2D eigenvalue weighted by Crippen LogP contribution is -2.44. The van der Waals surface area contributed by atoms with Crippen LogP contribution in [0.5, 0.6) is 11.5 Å². The van der Waals surface area contributed by atoms with Gasteiger partial charge in [-0.25, -0.2) is 0 Å². The van der Waals surface area contributed by atoms with Crippen LogP contribution in [-0.2, 0) is 16.0 Å². The molecule has 1 fully saturated rings. The predicted molar refractivity (Wildman–Crippen MR) is 111 cm³/mol. The Kier molecular flexibility index (Phi) is 7.23. The molecule has 0 atom stereocenters. The van der Waals surface area contributed by atoms with Gasteiger partial charge < -0.3 is 19.5 Å². The van der Waals surface area contributed by atoms with Crippen molar-refractivity contribution in [3.05, 3.63) is 54.1 Å². The first-order chi connectivity index (χ1) is 13.6. The van der Waals surface area contributed by atoms with Gasteiger partial charge in [-0.1, -0.05) is 24.3 Å². The Balaban J connectivity index is 1.62. The molecule has 1 saturated heterocycles. The number of carbonyl (C=O) groups is 1. The summed E-state index contributed by atoms with van der Waals surface area (Å²) in [6.45, 7) is 2.08.